The summed E-state index contributed by atoms with van der Waals surface area (Å²) in [6.45, 7) is 3.64. The minimum absolute atomic E-state index is 0.171. The summed E-state index contributed by atoms with van der Waals surface area (Å²) in [5.41, 5.74) is 10.5. The van der Waals surface area contributed by atoms with Gasteiger partial charge in [0.1, 0.15) is 0 Å². The Balaban J connectivity index is 2.40. The van der Waals surface area contributed by atoms with E-state index in [0.717, 1.165) is 19.6 Å². The van der Waals surface area contributed by atoms with Gasteiger partial charge in [-0.25, -0.2) is 0 Å². The molecule has 11 heavy (non-hydrogen) atoms. The third kappa shape index (κ3) is 2.38. The van der Waals surface area contributed by atoms with Crippen LogP contribution in [0.25, 0.3) is 0 Å². The number of hydrogen-bond acceptors (Lipinski definition) is 2. The van der Waals surface area contributed by atoms with Crippen LogP contribution in [0, 0.1) is 5.92 Å². The smallest absolute Gasteiger partial charge is 0.186 e. The number of rotatable bonds is 2. The third-order valence-electron chi connectivity index (χ3n) is 2.00. The van der Waals surface area contributed by atoms with E-state index in [1.807, 2.05) is 6.92 Å². The molecular formula is C7H15N3O. The molecule has 2 atom stereocenters. The van der Waals surface area contributed by atoms with Crippen molar-refractivity contribution in [3.63, 3.8) is 0 Å². The Morgan fingerprint density at radius 3 is 2.82 bits per heavy atom. The van der Waals surface area contributed by atoms with Crippen molar-refractivity contribution in [3.05, 3.63) is 0 Å². The van der Waals surface area contributed by atoms with Crippen LogP contribution in [0.5, 0.6) is 0 Å². The van der Waals surface area contributed by atoms with Gasteiger partial charge in [0.05, 0.1) is 12.6 Å². The van der Waals surface area contributed by atoms with Gasteiger partial charge in [0.15, 0.2) is 5.96 Å². The summed E-state index contributed by atoms with van der Waals surface area (Å²) >= 11 is 0. The molecule has 4 nitrogen and oxygen atoms in total. The summed E-state index contributed by atoms with van der Waals surface area (Å²) in [5.74, 6) is 0.668. The van der Waals surface area contributed by atoms with Gasteiger partial charge in [-0.05, 0) is 13.3 Å². The molecule has 0 aromatic rings. The lowest BCUT2D eigenvalue weighted by Crippen LogP contribution is -2.27. The van der Waals surface area contributed by atoms with Gasteiger partial charge >= 0.3 is 0 Å². The van der Waals surface area contributed by atoms with E-state index in [1.165, 1.54) is 0 Å². The first-order valence-electron chi connectivity index (χ1n) is 3.86. The Bertz CT molecular complexity index is 148. The molecule has 0 bridgehead atoms. The van der Waals surface area contributed by atoms with E-state index in [0.29, 0.717) is 5.92 Å². The lowest BCUT2D eigenvalue weighted by Gasteiger charge is -2.12. The van der Waals surface area contributed by atoms with Crippen LogP contribution in [0.1, 0.15) is 13.3 Å². The van der Waals surface area contributed by atoms with E-state index in [1.54, 1.807) is 0 Å². The zero-order valence-electron chi connectivity index (χ0n) is 6.79. The maximum atomic E-state index is 5.25. The number of nitrogens with zero attached hydrogens (tertiary/aromatic N) is 1. The molecule has 1 saturated heterocycles. The minimum atomic E-state index is 0.171. The van der Waals surface area contributed by atoms with Crippen molar-refractivity contribution in [2.45, 2.75) is 19.4 Å². The average Bonchev–Trinajstić information content (AvgIpc) is 2.35. The maximum Gasteiger partial charge on any atom is 0.186 e. The van der Waals surface area contributed by atoms with Crippen LogP contribution in [-0.4, -0.2) is 25.2 Å². The minimum Gasteiger partial charge on any atom is -0.381 e. The summed E-state index contributed by atoms with van der Waals surface area (Å²) in [7, 11) is 0. The van der Waals surface area contributed by atoms with Gasteiger partial charge in [-0.15, -0.1) is 0 Å². The van der Waals surface area contributed by atoms with Crippen molar-refractivity contribution in [3.8, 4) is 0 Å². The average molecular weight is 157 g/mol. The molecule has 1 rings (SSSR count). The molecule has 1 aliphatic heterocycles. The monoisotopic (exact) mass is 157 g/mol. The molecule has 4 heteroatoms. The predicted octanol–water partition coefficient (Wildman–Crippen LogP) is -0.315. The molecule has 0 saturated carbocycles. The van der Waals surface area contributed by atoms with Crippen molar-refractivity contribution in [2.24, 2.45) is 22.4 Å². The molecule has 4 N–H and O–H groups in total. The number of guanidine groups is 1. The lowest BCUT2D eigenvalue weighted by molar-refractivity contribution is 0.182. The number of nitrogens with two attached hydrogens (primary N) is 2. The largest absolute Gasteiger partial charge is 0.381 e. The van der Waals surface area contributed by atoms with Crippen LogP contribution < -0.4 is 11.5 Å². The molecule has 0 amide bonds. The molecular weight excluding hydrogens is 142 g/mol. The van der Waals surface area contributed by atoms with E-state index >= 15 is 0 Å². The van der Waals surface area contributed by atoms with E-state index < -0.39 is 0 Å². The zero-order chi connectivity index (χ0) is 8.27. The van der Waals surface area contributed by atoms with Crippen LogP contribution in [0.2, 0.25) is 0 Å². The standard InChI is InChI=1S/C7H15N3O/c1-5(10-7(8)9)6-2-3-11-4-6/h5-6H,2-4H2,1H3,(H4,8,9,10). The fourth-order valence-electron chi connectivity index (χ4n) is 1.27. The highest BCUT2D eigenvalue weighted by Gasteiger charge is 2.21. The quantitative estimate of drug-likeness (QED) is 0.426. The van der Waals surface area contributed by atoms with Crippen molar-refractivity contribution in [1.82, 2.24) is 0 Å². The Labute approximate surface area is 66.6 Å². The number of ether oxygens (including phenoxy) is 1. The van der Waals surface area contributed by atoms with Crippen LogP contribution in [0.4, 0.5) is 0 Å². The van der Waals surface area contributed by atoms with Crippen molar-refractivity contribution in [2.75, 3.05) is 13.2 Å². The number of aliphatic imine (C=N–C) groups is 1. The Morgan fingerprint density at radius 2 is 2.36 bits per heavy atom. The molecule has 1 aliphatic rings. The second-order valence-electron chi connectivity index (χ2n) is 2.92. The van der Waals surface area contributed by atoms with Gasteiger partial charge < -0.3 is 16.2 Å². The summed E-state index contributed by atoms with van der Waals surface area (Å²) in [6.07, 6.45) is 1.07. The van der Waals surface area contributed by atoms with Gasteiger partial charge in [0.2, 0.25) is 0 Å². The summed E-state index contributed by atoms with van der Waals surface area (Å²) < 4.78 is 5.21. The number of hydrogen-bond donors (Lipinski definition) is 2. The van der Waals surface area contributed by atoms with E-state index in [4.69, 9.17) is 16.2 Å². The molecule has 2 unspecified atom stereocenters. The first kappa shape index (κ1) is 8.33. The zero-order valence-corrected chi connectivity index (χ0v) is 6.79. The van der Waals surface area contributed by atoms with Gasteiger partial charge in [-0.1, -0.05) is 0 Å². The van der Waals surface area contributed by atoms with E-state index in [9.17, 15) is 0 Å². The van der Waals surface area contributed by atoms with Crippen LogP contribution >= 0.6 is 0 Å². The summed E-state index contributed by atoms with van der Waals surface area (Å²) in [4.78, 5) is 4.05. The van der Waals surface area contributed by atoms with Gasteiger partial charge in [-0.2, -0.15) is 0 Å². The maximum absolute atomic E-state index is 5.25. The molecule has 0 aromatic heterocycles. The van der Waals surface area contributed by atoms with Crippen molar-refractivity contribution >= 4 is 5.96 Å². The van der Waals surface area contributed by atoms with Gasteiger partial charge in [0, 0.05) is 12.5 Å². The molecule has 1 heterocycles. The first-order chi connectivity index (χ1) is 5.20. The van der Waals surface area contributed by atoms with Gasteiger partial charge in [-0.3, -0.25) is 4.99 Å². The first-order valence-corrected chi connectivity index (χ1v) is 3.86. The van der Waals surface area contributed by atoms with Crippen molar-refractivity contribution < 1.29 is 4.74 Å². The fourth-order valence-corrected chi connectivity index (χ4v) is 1.27. The summed E-state index contributed by atoms with van der Waals surface area (Å²) in [5, 5.41) is 0. The second kappa shape index (κ2) is 3.57. The van der Waals surface area contributed by atoms with E-state index in [-0.39, 0.29) is 12.0 Å². The molecule has 0 aliphatic carbocycles. The molecule has 0 aromatic carbocycles. The molecule has 1 fully saturated rings. The highest BCUT2D eigenvalue weighted by Crippen LogP contribution is 2.18. The predicted molar refractivity (Wildman–Crippen MR) is 44.2 cm³/mol. The lowest BCUT2D eigenvalue weighted by atomic mass is 10.0. The Kier molecular flexibility index (Phi) is 2.70. The Morgan fingerprint density at radius 1 is 1.64 bits per heavy atom. The van der Waals surface area contributed by atoms with Gasteiger partial charge in [0.25, 0.3) is 0 Å². The van der Waals surface area contributed by atoms with E-state index in [2.05, 4.69) is 4.99 Å². The topological polar surface area (TPSA) is 73.6 Å². The highest BCUT2D eigenvalue weighted by molar-refractivity contribution is 5.75. The Hall–Kier alpha value is -0.770. The fraction of sp³-hybridized carbons (Fsp3) is 0.857. The normalized spacial score (nSPS) is 26.5. The SMILES string of the molecule is CC(N=C(N)N)C1CCOC1. The van der Waals surface area contributed by atoms with Crippen LogP contribution in [0.3, 0.4) is 0 Å². The molecule has 0 spiro atoms. The van der Waals surface area contributed by atoms with Crippen molar-refractivity contribution in [1.29, 1.82) is 0 Å². The summed E-state index contributed by atoms with van der Waals surface area (Å²) in [6, 6.07) is 0.197. The molecule has 0 radical (unpaired) electrons. The van der Waals surface area contributed by atoms with Crippen LogP contribution in [0.15, 0.2) is 4.99 Å². The van der Waals surface area contributed by atoms with Crippen LogP contribution in [-0.2, 0) is 4.74 Å². The highest BCUT2D eigenvalue weighted by atomic mass is 16.5. The molecule has 64 valence electrons. The third-order valence-corrected chi connectivity index (χ3v) is 2.00. The second-order valence-corrected chi connectivity index (χ2v) is 2.92.